The summed E-state index contributed by atoms with van der Waals surface area (Å²) in [4.78, 5) is 35.0. The normalized spacial score (nSPS) is 11.5. The minimum absolute atomic E-state index is 0.00244. The van der Waals surface area contributed by atoms with Crippen LogP contribution >= 0.6 is 23.2 Å². The van der Waals surface area contributed by atoms with Gasteiger partial charge >= 0.3 is 5.97 Å². The van der Waals surface area contributed by atoms with Crippen LogP contribution in [-0.2, 0) is 16.0 Å². The van der Waals surface area contributed by atoms with Gasteiger partial charge in [0.05, 0.1) is 0 Å². The molecular weight excluding hydrogens is 379 g/mol. The Morgan fingerprint density at radius 3 is 2.46 bits per heavy atom. The van der Waals surface area contributed by atoms with E-state index in [9.17, 15) is 19.5 Å². The van der Waals surface area contributed by atoms with Gasteiger partial charge in [-0.2, -0.15) is 0 Å². The average Bonchev–Trinajstić information content (AvgIpc) is 2.55. The Bertz CT molecular complexity index is 855. The zero-order valence-electron chi connectivity index (χ0n) is 13.8. The second-order valence-corrected chi connectivity index (χ2v) is 6.41. The molecule has 0 radical (unpaired) electrons. The predicted octanol–water partition coefficient (Wildman–Crippen LogP) is 3.38. The molecule has 3 N–H and O–H groups in total. The predicted molar refractivity (Wildman–Crippen MR) is 99.8 cm³/mol. The Kier molecular flexibility index (Phi) is 6.60. The van der Waals surface area contributed by atoms with Crippen LogP contribution in [0.2, 0.25) is 10.0 Å². The van der Waals surface area contributed by atoms with Crippen LogP contribution in [-0.4, -0.2) is 28.9 Å². The van der Waals surface area contributed by atoms with Gasteiger partial charge < -0.3 is 15.7 Å². The third kappa shape index (κ3) is 5.47. The summed E-state index contributed by atoms with van der Waals surface area (Å²) in [6, 6.07) is 9.75. The van der Waals surface area contributed by atoms with E-state index in [1.165, 1.54) is 25.1 Å². The largest absolute Gasteiger partial charge is 0.480 e. The Labute approximate surface area is 160 Å². The van der Waals surface area contributed by atoms with Crippen LogP contribution in [0.3, 0.4) is 0 Å². The topological polar surface area (TPSA) is 95.5 Å². The second kappa shape index (κ2) is 8.69. The summed E-state index contributed by atoms with van der Waals surface area (Å²) in [6.07, 6.45) is 0.00244. The Morgan fingerprint density at radius 1 is 1.12 bits per heavy atom. The summed E-state index contributed by atoms with van der Waals surface area (Å²) < 4.78 is 0. The van der Waals surface area contributed by atoms with Gasteiger partial charge in [0.1, 0.15) is 6.04 Å². The quantitative estimate of drug-likeness (QED) is 0.699. The van der Waals surface area contributed by atoms with Crippen molar-refractivity contribution < 1.29 is 19.5 Å². The monoisotopic (exact) mass is 394 g/mol. The number of carbonyl (C=O) groups is 3. The number of anilines is 1. The number of carbonyl (C=O) groups excluding carboxylic acids is 2. The molecule has 0 aromatic heterocycles. The van der Waals surface area contributed by atoms with Crippen LogP contribution in [0.25, 0.3) is 0 Å². The highest BCUT2D eigenvalue weighted by atomic mass is 35.5. The molecule has 2 rings (SSSR count). The first-order chi connectivity index (χ1) is 12.3. The van der Waals surface area contributed by atoms with Crippen molar-refractivity contribution in [2.45, 2.75) is 19.4 Å². The molecule has 0 unspecified atom stereocenters. The molecule has 0 aliphatic carbocycles. The molecule has 0 saturated carbocycles. The van der Waals surface area contributed by atoms with Crippen molar-refractivity contribution >= 4 is 46.7 Å². The number of halogens is 2. The number of carboxylic acid groups (broad SMARTS) is 1. The molecule has 0 heterocycles. The van der Waals surface area contributed by atoms with E-state index in [0.717, 1.165) is 0 Å². The van der Waals surface area contributed by atoms with Gasteiger partial charge in [0.15, 0.2) is 0 Å². The van der Waals surface area contributed by atoms with E-state index in [4.69, 9.17) is 23.2 Å². The number of carboxylic acids is 1. The van der Waals surface area contributed by atoms with E-state index in [1.54, 1.807) is 24.3 Å². The van der Waals surface area contributed by atoms with E-state index in [1.807, 2.05) is 0 Å². The van der Waals surface area contributed by atoms with Gasteiger partial charge in [-0.05, 0) is 35.9 Å². The summed E-state index contributed by atoms with van der Waals surface area (Å²) in [6.45, 7) is 1.35. The highest BCUT2D eigenvalue weighted by Crippen LogP contribution is 2.22. The van der Waals surface area contributed by atoms with E-state index < -0.39 is 17.9 Å². The maximum atomic E-state index is 12.4. The lowest BCUT2D eigenvalue weighted by molar-refractivity contribution is -0.139. The van der Waals surface area contributed by atoms with Crippen LogP contribution in [0.4, 0.5) is 5.69 Å². The van der Waals surface area contributed by atoms with Crippen molar-refractivity contribution in [2.24, 2.45) is 0 Å². The van der Waals surface area contributed by atoms with Crippen molar-refractivity contribution in [3.8, 4) is 0 Å². The maximum absolute atomic E-state index is 12.4. The minimum Gasteiger partial charge on any atom is -0.480 e. The van der Waals surface area contributed by atoms with Gasteiger partial charge in [-0.3, -0.25) is 9.59 Å². The number of hydrogen-bond donors (Lipinski definition) is 3. The molecule has 1 atom stereocenters. The third-order valence-corrected chi connectivity index (χ3v) is 4.07. The van der Waals surface area contributed by atoms with Crippen LogP contribution in [0, 0.1) is 0 Å². The van der Waals surface area contributed by atoms with Crippen LogP contribution in [0.1, 0.15) is 22.8 Å². The molecule has 0 aliphatic rings. The van der Waals surface area contributed by atoms with Crippen LogP contribution < -0.4 is 10.6 Å². The highest BCUT2D eigenvalue weighted by Gasteiger charge is 2.22. The Balaban J connectivity index is 2.15. The number of nitrogens with one attached hydrogen (secondary N) is 2. The Hall–Kier alpha value is -2.57. The fraction of sp³-hybridized carbons (Fsp3) is 0.167. The van der Waals surface area contributed by atoms with E-state index in [-0.39, 0.29) is 17.9 Å². The van der Waals surface area contributed by atoms with Gasteiger partial charge in [-0.1, -0.05) is 35.3 Å². The number of rotatable bonds is 6. The highest BCUT2D eigenvalue weighted by molar-refractivity contribution is 6.35. The molecule has 8 heteroatoms. The molecule has 2 aromatic rings. The number of benzene rings is 2. The van der Waals surface area contributed by atoms with Crippen molar-refractivity contribution in [3.05, 3.63) is 63.6 Å². The molecule has 26 heavy (non-hydrogen) atoms. The lowest BCUT2D eigenvalue weighted by atomic mass is 10.1. The van der Waals surface area contributed by atoms with Crippen molar-refractivity contribution in [3.63, 3.8) is 0 Å². The SMILES string of the molecule is CC(=O)Nc1cccc(C(=O)N[C@@H](Cc2ccc(Cl)cc2Cl)C(=O)O)c1. The molecule has 2 amide bonds. The van der Waals surface area contributed by atoms with Crippen molar-refractivity contribution in [1.82, 2.24) is 5.32 Å². The summed E-state index contributed by atoms with van der Waals surface area (Å²) in [5.74, 6) is -2.04. The van der Waals surface area contributed by atoms with Crippen molar-refractivity contribution in [1.29, 1.82) is 0 Å². The zero-order chi connectivity index (χ0) is 19.3. The van der Waals surface area contributed by atoms with Gasteiger partial charge in [-0.25, -0.2) is 4.79 Å². The van der Waals surface area contributed by atoms with Crippen LogP contribution in [0.15, 0.2) is 42.5 Å². The molecule has 0 fully saturated rings. The van der Waals surface area contributed by atoms with Gasteiger partial charge in [0.2, 0.25) is 5.91 Å². The lowest BCUT2D eigenvalue weighted by Gasteiger charge is -2.16. The van der Waals surface area contributed by atoms with Crippen molar-refractivity contribution in [2.75, 3.05) is 5.32 Å². The average molecular weight is 395 g/mol. The first-order valence-corrected chi connectivity index (χ1v) is 8.37. The summed E-state index contributed by atoms with van der Waals surface area (Å²) >= 11 is 11.9. The number of amides is 2. The van der Waals surface area contributed by atoms with E-state index in [2.05, 4.69) is 10.6 Å². The van der Waals surface area contributed by atoms with Gasteiger partial charge in [0, 0.05) is 34.6 Å². The molecule has 6 nitrogen and oxygen atoms in total. The fourth-order valence-electron chi connectivity index (χ4n) is 2.29. The first kappa shape index (κ1) is 19.8. The lowest BCUT2D eigenvalue weighted by Crippen LogP contribution is -2.42. The number of aliphatic carboxylic acids is 1. The molecule has 136 valence electrons. The molecule has 0 bridgehead atoms. The summed E-state index contributed by atoms with van der Waals surface area (Å²) in [5.41, 5.74) is 1.22. The molecule has 0 aliphatic heterocycles. The fourth-order valence-corrected chi connectivity index (χ4v) is 2.78. The molecule has 2 aromatic carbocycles. The minimum atomic E-state index is -1.19. The summed E-state index contributed by atoms with van der Waals surface area (Å²) in [7, 11) is 0. The van der Waals surface area contributed by atoms with Crippen LogP contribution in [0.5, 0.6) is 0 Å². The maximum Gasteiger partial charge on any atom is 0.326 e. The second-order valence-electron chi connectivity index (χ2n) is 5.57. The third-order valence-electron chi connectivity index (χ3n) is 3.49. The first-order valence-electron chi connectivity index (χ1n) is 7.61. The van der Waals surface area contributed by atoms with E-state index >= 15 is 0 Å². The molecule has 0 saturated heterocycles. The Morgan fingerprint density at radius 2 is 1.85 bits per heavy atom. The summed E-state index contributed by atoms with van der Waals surface area (Å²) in [5, 5.41) is 15.2. The van der Waals surface area contributed by atoms with E-state index in [0.29, 0.717) is 21.3 Å². The van der Waals surface area contributed by atoms with Gasteiger partial charge in [0.25, 0.3) is 5.91 Å². The smallest absolute Gasteiger partial charge is 0.326 e. The number of hydrogen-bond acceptors (Lipinski definition) is 3. The van der Waals surface area contributed by atoms with Gasteiger partial charge in [-0.15, -0.1) is 0 Å². The molecule has 0 spiro atoms. The standard InChI is InChI=1S/C18H16Cl2N2O4/c1-10(23)21-14-4-2-3-12(7-14)17(24)22-16(18(25)26)8-11-5-6-13(19)9-15(11)20/h2-7,9,16H,8H2,1H3,(H,21,23)(H,22,24)(H,25,26)/t16-/m0/s1. The zero-order valence-corrected chi connectivity index (χ0v) is 15.3. The molecular formula is C18H16Cl2N2O4.